The van der Waals surface area contributed by atoms with Gasteiger partial charge in [0.25, 0.3) is 0 Å². The van der Waals surface area contributed by atoms with Gasteiger partial charge in [-0.3, -0.25) is 4.79 Å². The summed E-state index contributed by atoms with van der Waals surface area (Å²) in [5, 5.41) is 2.81. The van der Waals surface area contributed by atoms with E-state index in [2.05, 4.69) is 11.4 Å². The predicted molar refractivity (Wildman–Crippen MR) is 93.1 cm³/mol. The summed E-state index contributed by atoms with van der Waals surface area (Å²) in [6.07, 6.45) is 3.32. The number of ether oxygens (including phenoxy) is 2. The van der Waals surface area contributed by atoms with Crippen molar-refractivity contribution >= 4 is 17.7 Å². The molecule has 0 radical (unpaired) electrons. The molecular weight excluding hydrogens is 290 g/mol. The molecule has 0 atom stereocenters. The number of hydrogen-bond donors (Lipinski definition) is 1. The third-order valence-electron chi connectivity index (χ3n) is 3.46. The van der Waals surface area contributed by atoms with Crippen molar-refractivity contribution in [2.24, 2.45) is 0 Å². The van der Waals surface area contributed by atoms with Crippen LogP contribution in [0.4, 0.5) is 5.69 Å². The number of benzene rings is 2. The highest BCUT2D eigenvalue weighted by Gasteiger charge is 2.04. The summed E-state index contributed by atoms with van der Waals surface area (Å²) in [7, 11) is 3.14. The molecule has 0 aliphatic rings. The van der Waals surface area contributed by atoms with Crippen molar-refractivity contribution in [3.8, 4) is 11.5 Å². The second kappa shape index (κ2) is 7.49. The van der Waals surface area contributed by atoms with Gasteiger partial charge in [-0.25, -0.2) is 0 Å². The summed E-state index contributed by atoms with van der Waals surface area (Å²) in [5.41, 5.74) is 3.98. The van der Waals surface area contributed by atoms with Crippen molar-refractivity contribution in [3.05, 3.63) is 59.2 Å². The first-order valence-corrected chi connectivity index (χ1v) is 7.31. The summed E-state index contributed by atoms with van der Waals surface area (Å²) in [4.78, 5) is 12.1. The molecule has 0 aromatic heterocycles. The molecule has 0 unspecified atom stereocenters. The van der Waals surface area contributed by atoms with Crippen molar-refractivity contribution in [1.82, 2.24) is 0 Å². The van der Waals surface area contributed by atoms with E-state index in [1.54, 1.807) is 32.4 Å². The molecule has 2 aromatic rings. The molecule has 4 heteroatoms. The van der Waals surface area contributed by atoms with Crippen LogP contribution in [0.3, 0.4) is 0 Å². The topological polar surface area (TPSA) is 47.6 Å². The first-order valence-electron chi connectivity index (χ1n) is 7.31. The lowest BCUT2D eigenvalue weighted by Crippen LogP contribution is -2.08. The van der Waals surface area contributed by atoms with E-state index in [0.717, 1.165) is 11.1 Å². The molecule has 0 aliphatic heterocycles. The first kappa shape index (κ1) is 16.6. The predicted octanol–water partition coefficient (Wildman–Crippen LogP) is 3.97. The molecule has 0 heterocycles. The van der Waals surface area contributed by atoms with Gasteiger partial charge in [0, 0.05) is 30.0 Å². The number of hydrogen-bond acceptors (Lipinski definition) is 3. The number of amides is 1. The fourth-order valence-corrected chi connectivity index (χ4v) is 2.24. The van der Waals surface area contributed by atoms with Gasteiger partial charge in [0.1, 0.15) is 11.5 Å². The number of anilines is 1. The molecule has 4 nitrogen and oxygen atoms in total. The van der Waals surface area contributed by atoms with Gasteiger partial charge in [-0.1, -0.05) is 23.8 Å². The van der Waals surface area contributed by atoms with Crippen molar-refractivity contribution in [2.45, 2.75) is 13.8 Å². The smallest absolute Gasteiger partial charge is 0.248 e. The van der Waals surface area contributed by atoms with Gasteiger partial charge >= 0.3 is 0 Å². The Morgan fingerprint density at radius 1 is 1.00 bits per heavy atom. The summed E-state index contributed by atoms with van der Waals surface area (Å²) >= 11 is 0. The number of methoxy groups -OCH3 is 2. The Hall–Kier alpha value is -2.75. The zero-order chi connectivity index (χ0) is 16.8. The van der Waals surface area contributed by atoms with Crippen LogP contribution < -0.4 is 14.8 Å². The highest BCUT2D eigenvalue weighted by Crippen LogP contribution is 2.25. The van der Waals surface area contributed by atoms with Gasteiger partial charge in [-0.15, -0.1) is 0 Å². The van der Waals surface area contributed by atoms with Gasteiger partial charge in [-0.2, -0.15) is 0 Å². The van der Waals surface area contributed by atoms with E-state index in [1.165, 1.54) is 11.6 Å². The molecule has 1 N–H and O–H groups in total. The second-order valence-corrected chi connectivity index (χ2v) is 5.28. The molecule has 0 aliphatic carbocycles. The standard InChI is InChI=1S/C19H21NO3/c1-13-5-6-15(14(2)9-13)7-8-19(21)20-16-10-17(22-3)12-18(11-16)23-4/h5-12H,1-4H3,(H,20,21)/b8-7+. The summed E-state index contributed by atoms with van der Waals surface area (Å²) in [5.74, 6) is 1.04. The average Bonchev–Trinajstić information content (AvgIpc) is 2.53. The van der Waals surface area contributed by atoms with Crippen LogP contribution in [0.2, 0.25) is 0 Å². The maximum Gasteiger partial charge on any atom is 0.248 e. The van der Waals surface area contributed by atoms with Crippen LogP contribution in [0.15, 0.2) is 42.5 Å². The quantitative estimate of drug-likeness (QED) is 0.850. The molecule has 120 valence electrons. The van der Waals surface area contributed by atoms with Crippen LogP contribution in [-0.2, 0) is 4.79 Å². The van der Waals surface area contributed by atoms with Gasteiger partial charge < -0.3 is 14.8 Å². The monoisotopic (exact) mass is 311 g/mol. The second-order valence-electron chi connectivity index (χ2n) is 5.28. The van der Waals surface area contributed by atoms with E-state index in [1.807, 2.05) is 32.1 Å². The van der Waals surface area contributed by atoms with Crippen LogP contribution in [-0.4, -0.2) is 20.1 Å². The van der Waals surface area contributed by atoms with E-state index >= 15 is 0 Å². The van der Waals surface area contributed by atoms with Gasteiger partial charge in [-0.05, 0) is 31.1 Å². The van der Waals surface area contributed by atoms with Crippen LogP contribution in [0.1, 0.15) is 16.7 Å². The number of carbonyl (C=O) groups is 1. The maximum atomic E-state index is 12.1. The Kier molecular flexibility index (Phi) is 5.41. The van der Waals surface area contributed by atoms with Crippen LogP contribution in [0.5, 0.6) is 11.5 Å². The molecule has 0 spiro atoms. The highest BCUT2D eigenvalue weighted by atomic mass is 16.5. The van der Waals surface area contributed by atoms with Crippen LogP contribution in [0, 0.1) is 13.8 Å². The Morgan fingerprint density at radius 2 is 1.65 bits per heavy atom. The Morgan fingerprint density at radius 3 is 2.22 bits per heavy atom. The molecule has 2 aromatic carbocycles. The Balaban J connectivity index is 2.11. The molecule has 23 heavy (non-hydrogen) atoms. The lowest BCUT2D eigenvalue weighted by molar-refractivity contribution is -0.111. The summed E-state index contributed by atoms with van der Waals surface area (Å²) in [6, 6.07) is 11.4. The maximum absolute atomic E-state index is 12.1. The SMILES string of the molecule is COc1cc(NC(=O)/C=C/c2ccc(C)cc2C)cc(OC)c1. The average molecular weight is 311 g/mol. The molecule has 0 fully saturated rings. The Bertz CT molecular complexity index is 713. The third-order valence-corrected chi connectivity index (χ3v) is 3.46. The van der Waals surface area contributed by atoms with E-state index in [-0.39, 0.29) is 5.91 Å². The lowest BCUT2D eigenvalue weighted by atomic mass is 10.1. The number of aryl methyl sites for hydroxylation is 2. The molecule has 0 bridgehead atoms. The zero-order valence-corrected chi connectivity index (χ0v) is 13.8. The van der Waals surface area contributed by atoms with Crippen molar-refractivity contribution in [3.63, 3.8) is 0 Å². The molecular formula is C19H21NO3. The molecule has 1 amide bonds. The molecule has 0 saturated carbocycles. The van der Waals surface area contributed by atoms with Crippen LogP contribution in [0.25, 0.3) is 6.08 Å². The van der Waals surface area contributed by atoms with Crippen molar-refractivity contribution in [1.29, 1.82) is 0 Å². The third kappa shape index (κ3) is 4.61. The van der Waals surface area contributed by atoms with Gasteiger partial charge in [0.15, 0.2) is 0 Å². The largest absolute Gasteiger partial charge is 0.497 e. The van der Waals surface area contributed by atoms with Gasteiger partial charge in [0.05, 0.1) is 14.2 Å². The van der Waals surface area contributed by atoms with E-state index in [4.69, 9.17) is 9.47 Å². The highest BCUT2D eigenvalue weighted by molar-refractivity contribution is 6.02. The molecule has 2 rings (SSSR count). The number of nitrogens with one attached hydrogen (secondary N) is 1. The van der Waals surface area contributed by atoms with Gasteiger partial charge in [0.2, 0.25) is 5.91 Å². The van der Waals surface area contributed by atoms with Crippen LogP contribution >= 0.6 is 0 Å². The summed E-state index contributed by atoms with van der Waals surface area (Å²) < 4.78 is 10.4. The lowest BCUT2D eigenvalue weighted by Gasteiger charge is -2.08. The van der Waals surface area contributed by atoms with Crippen molar-refractivity contribution in [2.75, 3.05) is 19.5 Å². The minimum absolute atomic E-state index is 0.208. The normalized spacial score (nSPS) is 10.6. The van der Waals surface area contributed by atoms with E-state index < -0.39 is 0 Å². The van der Waals surface area contributed by atoms with E-state index in [0.29, 0.717) is 17.2 Å². The zero-order valence-electron chi connectivity index (χ0n) is 13.8. The Labute approximate surface area is 136 Å². The fraction of sp³-hybridized carbons (Fsp3) is 0.211. The fourth-order valence-electron chi connectivity index (χ4n) is 2.24. The molecule has 0 saturated heterocycles. The van der Waals surface area contributed by atoms with Crippen molar-refractivity contribution < 1.29 is 14.3 Å². The minimum Gasteiger partial charge on any atom is -0.497 e. The minimum atomic E-state index is -0.208. The first-order chi connectivity index (χ1) is 11.0. The summed E-state index contributed by atoms with van der Waals surface area (Å²) in [6.45, 7) is 4.07. The number of rotatable bonds is 5. The number of carbonyl (C=O) groups excluding carboxylic acids is 1. The van der Waals surface area contributed by atoms with E-state index in [9.17, 15) is 4.79 Å².